The van der Waals surface area contributed by atoms with E-state index in [4.69, 9.17) is 4.74 Å². The first kappa shape index (κ1) is 17.5. The summed E-state index contributed by atoms with van der Waals surface area (Å²) < 4.78 is 5.05. The molecule has 132 valence electrons. The largest absolute Gasteiger partial charge is 0.452 e. The number of nitrogens with zero attached hydrogens (tertiary/aromatic N) is 2. The fraction of sp³-hybridized carbons (Fsp3) is 0.200. The minimum atomic E-state index is -0.558. The number of rotatable bonds is 7. The third-order valence-electron chi connectivity index (χ3n) is 3.85. The Morgan fingerprint density at radius 2 is 1.73 bits per heavy atom. The lowest BCUT2D eigenvalue weighted by Gasteiger charge is -2.07. The van der Waals surface area contributed by atoms with Gasteiger partial charge in [0, 0.05) is 18.9 Å². The van der Waals surface area contributed by atoms with E-state index in [9.17, 15) is 9.59 Å². The molecular weight excluding hydrogens is 330 g/mol. The highest BCUT2D eigenvalue weighted by molar-refractivity contribution is 5.94. The molecule has 0 unspecified atom stereocenters. The monoisotopic (exact) mass is 349 g/mol. The second-order valence-corrected chi connectivity index (χ2v) is 5.78. The maximum atomic E-state index is 12.1. The van der Waals surface area contributed by atoms with Gasteiger partial charge in [0.1, 0.15) is 0 Å². The molecule has 0 spiro atoms. The van der Waals surface area contributed by atoms with Gasteiger partial charge in [-0.3, -0.25) is 14.8 Å². The zero-order valence-electron chi connectivity index (χ0n) is 14.2. The van der Waals surface area contributed by atoms with Crippen LogP contribution in [0, 0.1) is 0 Å². The molecule has 6 nitrogen and oxygen atoms in total. The number of ether oxygens (including phenoxy) is 1. The SMILES string of the molecule is O=C(COC(=O)c1ccc2nccnc2c1)NCCCc1ccccc1. The Hall–Kier alpha value is -3.28. The highest BCUT2D eigenvalue weighted by atomic mass is 16.5. The Balaban J connectivity index is 1.41. The van der Waals surface area contributed by atoms with E-state index in [1.54, 1.807) is 30.6 Å². The van der Waals surface area contributed by atoms with Crippen molar-refractivity contribution in [3.05, 3.63) is 72.1 Å². The van der Waals surface area contributed by atoms with Crippen LogP contribution in [0.15, 0.2) is 60.9 Å². The number of amides is 1. The lowest BCUT2D eigenvalue weighted by Crippen LogP contribution is -2.29. The summed E-state index contributed by atoms with van der Waals surface area (Å²) in [7, 11) is 0. The summed E-state index contributed by atoms with van der Waals surface area (Å²) in [6, 6.07) is 15.0. The fourth-order valence-electron chi connectivity index (χ4n) is 2.52. The quantitative estimate of drug-likeness (QED) is 0.524. The molecule has 6 heteroatoms. The molecule has 2 aromatic carbocycles. The van der Waals surface area contributed by atoms with Crippen molar-refractivity contribution in [1.29, 1.82) is 0 Å². The molecule has 0 atom stereocenters. The summed E-state index contributed by atoms with van der Waals surface area (Å²) in [4.78, 5) is 32.1. The lowest BCUT2D eigenvalue weighted by molar-refractivity contribution is -0.124. The first-order valence-electron chi connectivity index (χ1n) is 8.41. The first-order chi connectivity index (χ1) is 12.7. The number of benzene rings is 2. The summed E-state index contributed by atoms with van der Waals surface area (Å²) in [6.45, 7) is 0.236. The van der Waals surface area contributed by atoms with Crippen LogP contribution < -0.4 is 5.32 Å². The van der Waals surface area contributed by atoms with Gasteiger partial charge in [-0.05, 0) is 36.6 Å². The van der Waals surface area contributed by atoms with Crippen molar-refractivity contribution in [2.75, 3.05) is 13.2 Å². The van der Waals surface area contributed by atoms with Crippen LogP contribution in [0.3, 0.4) is 0 Å². The number of aryl methyl sites for hydroxylation is 1. The molecule has 0 aliphatic heterocycles. The van der Waals surface area contributed by atoms with Gasteiger partial charge in [-0.1, -0.05) is 30.3 Å². The van der Waals surface area contributed by atoms with Gasteiger partial charge in [-0.25, -0.2) is 4.79 Å². The number of carbonyl (C=O) groups is 2. The minimum Gasteiger partial charge on any atom is -0.452 e. The maximum absolute atomic E-state index is 12.1. The molecule has 1 aromatic heterocycles. The molecule has 0 aliphatic rings. The molecule has 0 bridgehead atoms. The van der Waals surface area contributed by atoms with Gasteiger partial charge >= 0.3 is 5.97 Å². The highest BCUT2D eigenvalue weighted by Gasteiger charge is 2.11. The molecule has 1 heterocycles. The van der Waals surface area contributed by atoms with E-state index in [2.05, 4.69) is 27.4 Å². The van der Waals surface area contributed by atoms with E-state index in [1.807, 2.05) is 18.2 Å². The normalized spacial score (nSPS) is 10.5. The molecule has 0 aliphatic carbocycles. The van der Waals surface area contributed by atoms with Gasteiger partial charge in [-0.15, -0.1) is 0 Å². The second-order valence-electron chi connectivity index (χ2n) is 5.78. The van der Waals surface area contributed by atoms with Gasteiger partial charge in [0.2, 0.25) is 0 Å². The predicted octanol–water partition coefficient (Wildman–Crippen LogP) is 2.54. The van der Waals surface area contributed by atoms with Crippen LogP contribution in [0.1, 0.15) is 22.3 Å². The lowest BCUT2D eigenvalue weighted by atomic mass is 10.1. The zero-order chi connectivity index (χ0) is 18.2. The average molecular weight is 349 g/mol. The summed E-state index contributed by atoms with van der Waals surface area (Å²) in [5.74, 6) is -0.871. The van der Waals surface area contributed by atoms with E-state index in [-0.39, 0.29) is 12.5 Å². The summed E-state index contributed by atoms with van der Waals surface area (Å²) in [5.41, 5.74) is 2.87. The van der Waals surface area contributed by atoms with Crippen LogP contribution in [-0.4, -0.2) is 35.0 Å². The smallest absolute Gasteiger partial charge is 0.338 e. The Kier molecular flexibility index (Phi) is 5.88. The third-order valence-corrected chi connectivity index (χ3v) is 3.85. The molecule has 0 fully saturated rings. The standard InChI is InChI=1S/C20H19N3O3/c24-19(23-10-4-7-15-5-2-1-3-6-15)14-26-20(25)16-8-9-17-18(13-16)22-12-11-21-17/h1-3,5-6,8-9,11-13H,4,7,10,14H2,(H,23,24). The summed E-state index contributed by atoms with van der Waals surface area (Å²) >= 11 is 0. The number of carbonyl (C=O) groups excluding carboxylic acids is 2. The molecule has 0 radical (unpaired) electrons. The molecular formula is C20H19N3O3. The van der Waals surface area contributed by atoms with Gasteiger partial charge in [0.25, 0.3) is 5.91 Å². The van der Waals surface area contributed by atoms with Crippen molar-refractivity contribution in [3.63, 3.8) is 0 Å². The van der Waals surface area contributed by atoms with Crippen LogP contribution in [0.25, 0.3) is 11.0 Å². The molecule has 3 aromatic rings. The Morgan fingerprint density at radius 1 is 0.962 bits per heavy atom. The van der Waals surface area contributed by atoms with E-state index in [0.29, 0.717) is 23.1 Å². The van der Waals surface area contributed by atoms with E-state index in [0.717, 1.165) is 12.8 Å². The number of nitrogens with one attached hydrogen (secondary N) is 1. The fourth-order valence-corrected chi connectivity index (χ4v) is 2.52. The van der Waals surface area contributed by atoms with Crippen molar-refractivity contribution in [2.24, 2.45) is 0 Å². The number of fused-ring (bicyclic) bond motifs is 1. The zero-order valence-corrected chi connectivity index (χ0v) is 14.2. The Morgan fingerprint density at radius 3 is 2.54 bits per heavy atom. The van der Waals surface area contributed by atoms with Crippen LogP contribution in [0.4, 0.5) is 0 Å². The Labute approximate surface area is 151 Å². The van der Waals surface area contributed by atoms with Crippen LogP contribution in [-0.2, 0) is 16.0 Å². The first-order valence-corrected chi connectivity index (χ1v) is 8.41. The van der Waals surface area contributed by atoms with Crippen molar-refractivity contribution < 1.29 is 14.3 Å². The highest BCUT2D eigenvalue weighted by Crippen LogP contribution is 2.11. The van der Waals surface area contributed by atoms with E-state index >= 15 is 0 Å². The topological polar surface area (TPSA) is 81.2 Å². The number of aromatic nitrogens is 2. The molecule has 3 rings (SSSR count). The molecule has 1 N–H and O–H groups in total. The van der Waals surface area contributed by atoms with Crippen LogP contribution in [0.5, 0.6) is 0 Å². The van der Waals surface area contributed by atoms with Gasteiger partial charge in [0.15, 0.2) is 6.61 Å². The van der Waals surface area contributed by atoms with E-state index in [1.165, 1.54) is 5.56 Å². The third kappa shape index (κ3) is 4.86. The van der Waals surface area contributed by atoms with Gasteiger partial charge < -0.3 is 10.1 Å². The number of hydrogen-bond donors (Lipinski definition) is 1. The maximum Gasteiger partial charge on any atom is 0.338 e. The molecule has 0 saturated carbocycles. The van der Waals surface area contributed by atoms with Gasteiger partial charge in [-0.2, -0.15) is 0 Å². The minimum absolute atomic E-state index is 0.303. The van der Waals surface area contributed by atoms with Crippen LogP contribution in [0.2, 0.25) is 0 Å². The second kappa shape index (κ2) is 8.71. The predicted molar refractivity (Wildman–Crippen MR) is 97.6 cm³/mol. The summed E-state index contributed by atoms with van der Waals surface area (Å²) in [5, 5.41) is 2.75. The van der Waals surface area contributed by atoms with Crippen LogP contribution >= 0.6 is 0 Å². The van der Waals surface area contributed by atoms with Gasteiger partial charge in [0.05, 0.1) is 16.6 Å². The molecule has 0 saturated heterocycles. The number of esters is 1. The average Bonchev–Trinajstić information content (AvgIpc) is 2.70. The summed E-state index contributed by atoms with van der Waals surface area (Å²) in [6.07, 6.45) is 4.86. The molecule has 1 amide bonds. The molecule has 26 heavy (non-hydrogen) atoms. The van der Waals surface area contributed by atoms with Crippen molar-refractivity contribution >= 4 is 22.9 Å². The number of hydrogen-bond acceptors (Lipinski definition) is 5. The van der Waals surface area contributed by atoms with E-state index < -0.39 is 5.97 Å². The Bertz CT molecular complexity index is 897. The van der Waals surface area contributed by atoms with Crippen molar-refractivity contribution in [1.82, 2.24) is 15.3 Å². The van der Waals surface area contributed by atoms with Crippen molar-refractivity contribution in [3.8, 4) is 0 Å². The van der Waals surface area contributed by atoms with Crippen molar-refractivity contribution in [2.45, 2.75) is 12.8 Å².